The number of benzene rings is 2. The van der Waals surface area contributed by atoms with Crippen molar-refractivity contribution in [1.29, 1.82) is 0 Å². The van der Waals surface area contributed by atoms with E-state index < -0.39 is 0 Å². The van der Waals surface area contributed by atoms with Crippen molar-refractivity contribution in [3.63, 3.8) is 0 Å². The third kappa shape index (κ3) is 3.85. The van der Waals surface area contributed by atoms with Crippen molar-refractivity contribution in [3.8, 4) is 11.5 Å². The fourth-order valence-electron chi connectivity index (χ4n) is 2.25. The molecule has 21 heavy (non-hydrogen) atoms. The second-order valence-electron chi connectivity index (χ2n) is 6.43. The molecule has 0 spiro atoms. The largest absolute Gasteiger partial charge is 0.457 e. The fraction of sp³-hybridized carbons (Fsp3) is 0.368. The predicted molar refractivity (Wildman–Crippen MR) is 88.9 cm³/mol. The SMILES string of the molecule is CC[C@H](N)c1ccccc1Oc1cccc(C(C)(C)C)c1. The third-order valence-corrected chi connectivity index (χ3v) is 3.69. The first-order valence-electron chi connectivity index (χ1n) is 7.54. The fourth-order valence-corrected chi connectivity index (χ4v) is 2.25. The number of hydrogen-bond donors (Lipinski definition) is 1. The molecule has 0 aliphatic carbocycles. The molecular weight excluding hydrogens is 258 g/mol. The summed E-state index contributed by atoms with van der Waals surface area (Å²) in [5.41, 5.74) is 8.60. The summed E-state index contributed by atoms with van der Waals surface area (Å²) in [6.45, 7) is 8.69. The van der Waals surface area contributed by atoms with Crippen LogP contribution in [0.3, 0.4) is 0 Å². The van der Waals surface area contributed by atoms with Gasteiger partial charge in [0.25, 0.3) is 0 Å². The molecule has 2 heteroatoms. The molecule has 0 fully saturated rings. The Bertz CT molecular complexity index is 599. The lowest BCUT2D eigenvalue weighted by Gasteiger charge is -2.20. The molecule has 0 saturated carbocycles. The van der Waals surface area contributed by atoms with Crippen molar-refractivity contribution in [1.82, 2.24) is 0 Å². The summed E-state index contributed by atoms with van der Waals surface area (Å²) < 4.78 is 6.09. The molecule has 0 aromatic heterocycles. The molecule has 0 aliphatic rings. The van der Waals surface area contributed by atoms with Crippen LogP contribution in [0.15, 0.2) is 48.5 Å². The average molecular weight is 283 g/mol. The van der Waals surface area contributed by atoms with Crippen molar-refractivity contribution >= 4 is 0 Å². The summed E-state index contributed by atoms with van der Waals surface area (Å²) in [4.78, 5) is 0. The van der Waals surface area contributed by atoms with E-state index in [1.54, 1.807) is 0 Å². The van der Waals surface area contributed by atoms with Gasteiger partial charge in [0.2, 0.25) is 0 Å². The second-order valence-corrected chi connectivity index (χ2v) is 6.43. The quantitative estimate of drug-likeness (QED) is 0.838. The van der Waals surface area contributed by atoms with E-state index in [2.05, 4.69) is 39.8 Å². The van der Waals surface area contributed by atoms with Crippen LogP contribution in [-0.2, 0) is 5.41 Å². The normalized spacial score (nSPS) is 13.0. The van der Waals surface area contributed by atoms with Crippen molar-refractivity contribution in [2.75, 3.05) is 0 Å². The maximum atomic E-state index is 6.17. The van der Waals surface area contributed by atoms with Crippen molar-refractivity contribution in [3.05, 3.63) is 59.7 Å². The summed E-state index contributed by atoms with van der Waals surface area (Å²) >= 11 is 0. The first-order valence-corrected chi connectivity index (χ1v) is 7.54. The highest BCUT2D eigenvalue weighted by Gasteiger charge is 2.15. The van der Waals surface area contributed by atoms with E-state index >= 15 is 0 Å². The number of nitrogens with two attached hydrogens (primary N) is 1. The van der Waals surface area contributed by atoms with Gasteiger partial charge in [0.1, 0.15) is 11.5 Å². The standard InChI is InChI=1S/C19H25NO/c1-5-17(20)16-11-6-7-12-18(16)21-15-10-8-9-14(13-15)19(2,3)4/h6-13,17H,5,20H2,1-4H3/t17-/m0/s1. The van der Waals surface area contributed by atoms with Crippen LogP contribution in [0, 0.1) is 0 Å². The lowest BCUT2D eigenvalue weighted by Crippen LogP contribution is -2.11. The number of ether oxygens (including phenoxy) is 1. The Morgan fingerprint density at radius 1 is 1.05 bits per heavy atom. The first kappa shape index (κ1) is 15.6. The summed E-state index contributed by atoms with van der Waals surface area (Å²) in [5, 5.41) is 0. The zero-order chi connectivity index (χ0) is 15.5. The zero-order valence-electron chi connectivity index (χ0n) is 13.4. The van der Waals surface area contributed by atoms with Crippen LogP contribution in [0.25, 0.3) is 0 Å². The highest BCUT2D eigenvalue weighted by atomic mass is 16.5. The molecule has 112 valence electrons. The molecule has 1 atom stereocenters. The van der Waals surface area contributed by atoms with Gasteiger partial charge in [-0.05, 0) is 35.6 Å². The van der Waals surface area contributed by atoms with Crippen LogP contribution >= 0.6 is 0 Å². The van der Waals surface area contributed by atoms with Gasteiger partial charge in [-0.2, -0.15) is 0 Å². The Morgan fingerprint density at radius 2 is 1.76 bits per heavy atom. The molecule has 2 aromatic rings. The molecule has 0 radical (unpaired) electrons. The van der Waals surface area contributed by atoms with Crippen LogP contribution < -0.4 is 10.5 Å². The Balaban J connectivity index is 2.31. The Labute approximate surface area is 127 Å². The van der Waals surface area contributed by atoms with Gasteiger partial charge in [-0.15, -0.1) is 0 Å². The summed E-state index contributed by atoms with van der Waals surface area (Å²) in [6, 6.07) is 16.3. The summed E-state index contributed by atoms with van der Waals surface area (Å²) in [7, 11) is 0. The summed E-state index contributed by atoms with van der Waals surface area (Å²) in [6.07, 6.45) is 0.891. The topological polar surface area (TPSA) is 35.2 Å². The van der Waals surface area contributed by atoms with Gasteiger partial charge in [0, 0.05) is 11.6 Å². The number of hydrogen-bond acceptors (Lipinski definition) is 2. The van der Waals surface area contributed by atoms with E-state index in [1.807, 2.05) is 36.4 Å². The smallest absolute Gasteiger partial charge is 0.132 e. The van der Waals surface area contributed by atoms with Gasteiger partial charge in [-0.3, -0.25) is 0 Å². The maximum Gasteiger partial charge on any atom is 0.132 e. The minimum atomic E-state index is 0.00648. The van der Waals surface area contributed by atoms with E-state index in [1.165, 1.54) is 5.56 Å². The van der Waals surface area contributed by atoms with E-state index in [4.69, 9.17) is 10.5 Å². The monoisotopic (exact) mass is 283 g/mol. The van der Waals surface area contributed by atoms with Crippen LogP contribution in [0.4, 0.5) is 0 Å². The Morgan fingerprint density at radius 3 is 2.43 bits per heavy atom. The molecule has 2 aromatic carbocycles. The molecule has 0 aliphatic heterocycles. The van der Waals surface area contributed by atoms with Gasteiger partial charge in [0.15, 0.2) is 0 Å². The van der Waals surface area contributed by atoms with Crippen LogP contribution in [0.2, 0.25) is 0 Å². The maximum absolute atomic E-state index is 6.17. The minimum Gasteiger partial charge on any atom is -0.457 e. The van der Waals surface area contributed by atoms with Crippen molar-refractivity contribution in [2.45, 2.75) is 45.6 Å². The first-order chi connectivity index (χ1) is 9.91. The van der Waals surface area contributed by atoms with Crippen molar-refractivity contribution < 1.29 is 4.74 Å². The lowest BCUT2D eigenvalue weighted by atomic mass is 9.87. The Kier molecular flexibility index (Phi) is 4.69. The minimum absolute atomic E-state index is 0.00648. The van der Waals surface area contributed by atoms with E-state index in [0.29, 0.717) is 0 Å². The lowest BCUT2D eigenvalue weighted by molar-refractivity contribution is 0.465. The van der Waals surface area contributed by atoms with Crippen LogP contribution in [0.1, 0.15) is 51.3 Å². The Hall–Kier alpha value is -1.80. The summed E-state index contributed by atoms with van der Waals surface area (Å²) in [5.74, 6) is 1.70. The van der Waals surface area contributed by atoms with Gasteiger partial charge >= 0.3 is 0 Å². The van der Waals surface area contributed by atoms with Crippen LogP contribution in [0.5, 0.6) is 11.5 Å². The average Bonchev–Trinajstić information content (AvgIpc) is 2.46. The van der Waals surface area contributed by atoms with E-state index in [9.17, 15) is 0 Å². The van der Waals surface area contributed by atoms with Gasteiger partial charge < -0.3 is 10.5 Å². The number of rotatable bonds is 4. The second kappa shape index (κ2) is 6.31. The van der Waals surface area contributed by atoms with Crippen molar-refractivity contribution in [2.24, 2.45) is 5.73 Å². The van der Waals surface area contributed by atoms with Gasteiger partial charge in [-0.1, -0.05) is 58.0 Å². The van der Waals surface area contributed by atoms with Crippen LogP contribution in [-0.4, -0.2) is 0 Å². The third-order valence-electron chi connectivity index (χ3n) is 3.69. The van der Waals surface area contributed by atoms with Gasteiger partial charge in [-0.25, -0.2) is 0 Å². The number of para-hydroxylation sites is 1. The van der Waals surface area contributed by atoms with Gasteiger partial charge in [0.05, 0.1) is 0 Å². The molecule has 2 rings (SSSR count). The molecule has 0 unspecified atom stereocenters. The predicted octanol–water partition coefficient (Wildman–Crippen LogP) is 5.19. The van der Waals surface area contributed by atoms with E-state index in [0.717, 1.165) is 23.5 Å². The molecule has 0 heterocycles. The molecular formula is C19H25NO. The van der Waals surface area contributed by atoms with E-state index in [-0.39, 0.29) is 11.5 Å². The molecule has 0 bridgehead atoms. The highest BCUT2D eigenvalue weighted by molar-refractivity contribution is 5.41. The molecule has 2 nitrogen and oxygen atoms in total. The molecule has 2 N–H and O–H groups in total. The highest BCUT2D eigenvalue weighted by Crippen LogP contribution is 2.32. The zero-order valence-corrected chi connectivity index (χ0v) is 13.4. The molecule has 0 saturated heterocycles. The molecule has 0 amide bonds.